The van der Waals surface area contributed by atoms with Crippen LogP contribution < -0.4 is 0 Å². The Balaban J connectivity index is 2.87. The van der Waals surface area contributed by atoms with Crippen LogP contribution in [0.15, 0.2) is 0 Å². The van der Waals surface area contributed by atoms with Crippen LogP contribution in [0, 0.1) is 11.3 Å². The van der Waals surface area contributed by atoms with Crippen LogP contribution in [0.1, 0.15) is 47.5 Å². The standard InChI is InChI=1S/C18H36BFN2O4P2/c1-12(2)22(13(3)4)27(24-10-8-9-21)26-16-11-15(25-18(16)19)17(20)14(5)28(6,7)23/h12-18H,8,10-11,19H2,1-7H3/t14?,15-,16-,17?,18+,27?/m0/s1. The number of nitriles is 1. The first-order valence-corrected chi connectivity index (χ1v) is 13.8. The summed E-state index contributed by atoms with van der Waals surface area (Å²) in [6, 6.07) is 2.19. The van der Waals surface area contributed by atoms with E-state index < -0.39 is 33.6 Å². The molecular formula is C18H36BFN2O4P2. The molecule has 6 atom stereocenters. The Morgan fingerprint density at radius 2 is 1.89 bits per heavy atom. The van der Waals surface area contributed by atoms with E-state index in [1.54, 1.807) is 20.3 Å². The lowest BCUT2D eigenvalue weighted by molar-refractivity contribution is 0.0185. The van der Waals surface area contributed by atoms with Gasteiger partial charge in [-0.25, -0.2) is 9.06 Å². The first kappa shape index (κ1) is 26.0. The van der Waals surface area contributed by atoms with Crippen molar-refractivity contribution in [2.45, 2.75) is 89.6 Å². The lowest BCUT2D eigenvalue weighted by Crippen LogP contribution is -2.36. The van der Waals surface area contributed by atoms with Crippen molar-refractivity contribution in [1.29, 1.82) is 5.26 Å². The van der Waals surface area contributed by atoms with E-state index in [0.29, 0.717) is 13.0 Å². The molecular weight excluding hydrogens is 400 g/mol. The fraction of sp³-hybridized carbons (Fsp3) is 0.944. The van der Waals surface area contributed by atoms with Crippen LogP contribution in [-0.2, 0) is 18.3 Å². The molecule has 0 aromatic heterocycles. The second kappa shape index (κ2) is 11.4. The second-order valence-corrected chi connectivity index (χ2v) is 13.5. The predicted octanol–water partition coefficient (Wildman–Crippen LogP) is 3.74. The number of nitrogens with zero attached hydrogens (tertiary/aromatic N) is 2. The second-order valence-electron chi connectivity index (χ2n) is 8.43. The van der Waals surface area contributed by atoms with Gasteiger partial charge in [0.1, 0.15) is 14.0 Å². The molecule has 0 aromatic carbocycles. The molecule has 0 bridgehead atoms. The predicted molar refractivity (Wildman–Crippen MR) is 116 cm³/mol. The van der Waals surface area contributed by atoms with Crippen LogP contribution in [0.5, 0.6) is 0 Å². The van der Waals surface area contributed by atoms with Crippen molar-refractivity contribution in [2.24, 2.45) is 0 Å². The first-order valence-electron chi connectivity index (χ1n) is 9.99. The van der Waals surface area contributed by atoms with E-state index >= 15 is 0 Å². The van der Waals surface area contributed by atoms with Gasteiger partial charge in [-0.1, -0.05) is 6.92 Å². The molecule has 1 aliphatic rings. The Hall–Kier alpha value is -0.0151. The van der Waals surface area contributed by atoms with E-state index in [-0.39, 0.29) is 30.6 Å². The molecule has 0 aliphatic carbocycles. The molecule has 1 fully saturated rings. The fourth-order valence-electron chi connectivity index (χ4n) is 3.24. The highest BCUT2D eigenvalue weighted by molar-refractivity contribution is 7.63. The zero-order valence-electron chi connectivity index (χ0n) is 18.5. The minimum absolute atomic E-state index is 0.196. The summed E-state index contributed by atoms with van der Waals surface area (Å²) in [6.45, 7) is 13.5. The van der Waals surface area contributed by atoms with Gasteiger partial charge in [-0.3, -0.25) is 0 Å². The maximum absolute atomic E-state index is 14.9. The molecule has 1 heterocycles. The molecule has 0 aromatic rings. The molecule has 0 N–H and O–H groups in total. The van der Waals surface area contributed by atoms with Gasteiger partial charge in [0, 0.05) is 24.2 Å². The lowest BCUT2D eigenvalue weighted by Gasteiger charge is -2.37. The molecule has 1 rings (SSSR count). The zero-order chi connectivity index (χ0) is 21.6. The van der Waals surface area contributed by atoms with Crippen LogP contribution in [0.2, 0.25) is 0 Å². The monoisotopic (exact) mass is 436 g/mol. The Labute approximate surface area is 172 Å². The highest BCUT2D eigenvalue weighted by atomic mass is 31.2. The van der Waals surface area contributed by atoms with Gasteiger partial charge in [-0.05, 0) is 41.0 Å². The first-order chi connectivity index (χ1) is 12.9. The van der Waals surface area contributed by atoms with E-state index in [9.17, 15) is 8.96 Å². The third-order valence-corrected chi connectivity index (χ3v) is 9.46. The zero-order valence-corrected chi connectivity index (χ0v) is 20.3. The number of alkyl halides is 1. The Morgan fingerprint density at radius 1 is 1.32 bits per heavy atom. The summed E-state index contributed by atoms with van der Waals surface area (Å²) in [4.78, 5) is 0. The maximum atomic E-state index is 14.9. The Morgan fingerprint density at radius 3 is 2.36 bits per heavy atom. The van der Waals surface area contributed by atoms with Gasteiger partial charge < -0.3 is 18.3 Å². The fourth-order valence-corrected chi connectivity index (χ4v) is 5.91. The van der Waals surface area contributed by atoms with Crippen molar-refractivity contribution in [3.8, 4) is 6.07 Å². The molecule has 162 valence electrons. The molecule has 3 unspecified atom stereocenters. The quantitative estimate of drug-likeness (QED) is 0.279. The van der Waals surface area contributed by atoms with Crippen molar-refractivity contribution in [2.75, 3.05) is 19.9 Å². The molecule has 1 saturated heterocycles. The topological polar surface area (TPSA) is 71.8 Å². The van der Waals surface area contributed by atoms with Gasteiger partial charge in [-0.15, -0.1) is 0 Å². The number of rotatable bonds is 11. The molecule has 6 nitrogen and oxygen atoms in total. The minimum atomic E-state index is -2.55. The average molecular weight is 436 g/mol. The summed E-state index contributed by atoms with van der Waals surface area (Å²) >= 11 is 0. The van der Waals surface area contributed by atoms with Gasteiger partial charge in [0.25, 0.3) is 8.53 Å². The van der Waals surface area contributed by atoms with Crippen molar-refractivity contribution in [3.63, 3.8) is 0 Å². The van der Waals surface area contributed by atoms with Crippen LogP contribution in [0.25, 0.3) is 0 Å². The van der Waals surface area contributed by atoms with Gasteiger partial charge in [-0.2, -0.15) is 5.26 Å². The van der Waals surface area contributed by atoms with Crippen molar-refractivity contribution < 1.29 is 22.7 Å². The smallest absolute Gasteiger partial charge is 0.259 e. The summed E-state index contributed by atoms with van der Waals surface area (Å²) in [6.07, 6.45) is -1.55. The van der Waals surface area contributed by atoms with E-state index in [1.807, 2.05) is 7.85 Å². The number of ether oxygens (including phenoxy) is 1. The summed E-state index contributed by atoms with van der Waals surface area (Å²) in [5.74, 6) is 0. The number of hydrogen-bond donors (Lipinski definition) is 0. The summed E-state index contributed by atoms with van der Waals surface area (Å²) in [5, 5.41) is 8.81. The third kappa shape index (κ3) is 7.35. The molecule has 0 saturated carbocycles. The van der Waals surface area contributed by atoms with Crippen molar-refractivity contribution in [3.05, 3.63) is 0 Å². The molecule has 10 heteroatoms. The van der Waals surface area contributed by atoms with Crippen LogP contribution in [0.4, 0.5) is 4.39 Å². The summed E-state index contributed by atoms with van der Waals surface area (Å²) < 4.78 is 47.4. The third-order valence-electron chi connectivity index (χ3n) is 5.06. The summed E-state index contributed by atoms with van der Waals surface area (Å²) in [7, 11) is -2.08. The molecule has 0 amide bonds. The number of halogens is 1. The van der Waals surface area contributed by atoms with Crippen molar-refractivity contribution in [1.82, 2.24) is 4.67 Å². The van der Waals surface area contributed by atoms with E-state index in [2.05, 4.69) is 38.4 Å². The van der Waals surface area contributed by atoms with Crippen molar-refractivity contribution >= 4 is 23.5 Å². The molecule has 28 heavy (non-hydrogen) atoms. The molecule has 1 aliphatic heterocycles. The van der Waals surface area contributed by atoms with Crippen LogP contribution in [-0.4, -0.2) is 74.6 Å². The summed E-state index contributed by atoms with van der Waals surface area (Å²) in [5.41, 5.74) is -0.556. The lowest BCUT2D eigenvalue weighted by atomic mass is 9.94. The SMILES string of the molecule is B[C@@H]1O[C@H](C(F)C(C)P(C)(C)=O)C[C@@H]1OP(OCCC#N)N(C(C)C)C(C)C. The Bertz CT molecular complexity index is 564. The number of hydrogen-bond acceptors (Lipinski definition) is 6. The normalized spacial score (nSPS) is 26.6. The highest BCUT2D eigenvalue weighted by Crippen LogP contribution is 2.50. The van der Waals surface area contributed by atoms with Crippen LogP contribution in [0.3, 0.4) is 0 Å². The largest absolute Gasteiger partial charge is 0.378 e. The van der Waals surface area contributed by atoms with E-state index in [4.69, 9.17) is 19.0 Å². The van der Waals surface area contributed by atoms with E-state index in [1.165, 1.54) is 0 Å². The highest BCUT2D eigenvalue weighted by Gasteiger charge is 2.44. The van der Waals surface area contributed by atoms with Crippen LogP contribution >= 0.6 is 15.7 Å². The maximum Gasteiger partial charge on any atom is 0.259 e. The van der Waals surface area contributed by atoms with Gasteiger partial charge in [0.05, 0.1) is 44.5 Å². The molecule has 0 spiro atoms. The Kier molecular flexibility index (Phi) is 10.6. The van der Waals surface area contributed by atoms with Gasteiger partial charge in [0.2, 0.25) is 0 Å². The average Bonchev–Trinajstić information content (AvgIpc) is 2.92. The van der Waals surface area contributed by atoms with Gasteiger partial charge in [0.15, 0.2) is 0 Å². The van der Waals surface area contributed by atoms with E-state index in [0.717, 1.165) is 0 Å². The minimum Gasteiger partial charge on any atom is -0.378 e. The molecule has 0 radical (unpaired) electrons. The van der Waals surface area contributed by atoms with Gasteiger partial charge >= 0.3 is 0 Å².